The van der Waals surface area contributed by atoms with E-state index >= 15 is 0 Å². The number of aliphatic hydroxyl groups is 1. The first kappa shape index (κ1) is 17.2. The lowest BCUT2D eigenvalue weighted by Crippen LogP contribution is -2.62. The monoisotopic (exact) mass is 346 g/mol. The van der Waals surface area contributed by atoms with Gasteiger partial charge >= 0.3 is 6.03 Å². The highest BCUT2D eigenvalue weighted by Crippen LogP contribution is 2.22. The summed E-state index contributed by atoms with van der Waals surface area (Å²) in [6.45, 7) is 1.87. The molecule has 134 valence electrons. The molecule has 0 unspecified atom stereocenters. The van der Waals surface area contributed by atoms with E-state index < -0.39 is 18.7 Å². The highest BCUT2D eigenvalue weighted by molar-refractivity contribution is 5.98. The van der Waals surface area contributed by atoms with E-state index in [2.05, 4.69) is 16.0 Å². The zero-order valence-corrected chi connectivity index (χ0v) is 14.0. The van der Waals surface area contributed by atoms with Crippen LogP contribution < -0.4 is 16.0 Å². The second kappa shape index (κ2) is 7.10. The number of aliphatic hydroxyl groups excluding tert-OH is 1. The first-order valence-corrected chi connectivity index (χ1v) is 8.40. The Morgan fingerprint density at radius 3 is 2.92 bits per heavy atom. The fraction of sp³-hybridized carbons (Fsp3) is 0.471. The van der Waals surface area contributed by atoms with Crippen molar-refractivity contribution in [2.45, 2.75) is 37.9 Å². The average Bonchev–Trinajstić information content (AvgIpc) is 3.02. The number of rotatable bonds is 4. The number of hydrogen-bond donors (Lipinski definition) is 4. The van der Waals surface area contributed by atoms with Crippen molar-refractivity contribution in [2.75, 3.05) is 18.5 Å². The van der Waals surface area contributed by atoms with Crippen molar-refractivity contribution in [3.63, 3.8) is 0 Å². The van der Waals surface area contributed by atoms with E-state index in [1.807, 2.05) is 25.1 Å². The van der Waals surface area contributed by atoms with E-state index in [1.54, 1.807) is 6.07 Å². The minimum Gasteiger partial charge on any atom is -0.394 e. The summed E-state index contributed by atoms with van der Waals surface area (Å²) in [5, 5.41) is 17.3. The van der Waals surface area contributed by atoms with E-state index in [0.717, 1.165) is 12.0 Å². The fourth-order valence-corrected chi connectivity index (χ4v) is 3.31. The smallest absolute Gasteiger partial charge is 0.319 e. The van der Waals surface area contributed by atoms with Crippen molar-refractivity contribution in [1.82, 2.24) is 15.5 Å². The van der Waals surface area contributed by atoms with Gasteiger partial charge in [0.2, 0.25) is 11.8 Å². The highest BCUT2D eigenvalue weighted by Gasteiger charge is 2.46. The summed E-state index contributed by atoms with van der Waals surface area (Å²) in [7, 11) is 0. The molecule has 0 aliphatic carbocycles. The van der Waals surface area contributed by atoms with Crippen molar-refractivity contribution >= 4 is 23.5 Å². The summed E-state index contributed by atoms with van der Waals surface area (Å²) in [5.41, 5.74) is 1.81. The van der Waals surface area contributed by atoms with Gasteiger partial charge in [-0.25, -0.2) is 4.79 Å². The molecule has 25 heavy (non-hydrogen) atoms. The molecule has 0 saturated carbocycles. The van der Waals surface area contributed by atoms with Gasteiger partial charge in [-0.05, 0) is 30.5 Å². The van der Waals surface area contributed by atoms with Crippen LogP contribution in [0.15, 0.2) is 24.3 Å². The quantitative estimate of drug-likeness (QED) is 0.607. The molecule has 2 saturated heterocycles. The number of carbonyl (C=O) groups excluding carboxylic acids is 3. The number of hydrogen-bond acceptors (Lipinski definition) is 4. The molecule has 3 rings (SSSR count). The summed E-state index contributed by atoms with van der Waals surface area (Å²) in [5.74, 6) is -0.605. The second-order valence-corrected chi connectivity index (χ2v) is 6.34. The number of urea groups is 1. The van der Waals surface area contributed by atoms with E-state index in [0.29, 0.717) is 12.1 Å². The molecule has 1 aromatic carbocycles. The molecule has 3 atom stereocenters. The molecule has 0 radical (unpaired) electrons. The van der Waals surface area contributed by atoms with Crippen molar-refractivity contribution in [2.24, 2.45) is 0 Å². The Kier molecular flexibility index (Phi) is 4.89. The number of benzene rings is 1. The first-order valence-electron chi connectivity index (χ1n) is 8.40. The molecule has 4 N–H and O–H groups in total. The maximum atomic E-state index is 12.2. The van der Waals surface area contributed by atoms with Gasteiger partial charge in [0.15, 0.2) is 0 Å². The summed E-state index contributed by atoms with van der Waals surface area (Å²) < 4.78 is 0. The number of carbonyl (C=O) groups is 3. The number of amides is 4. The van der Waals surface area contributed by atoms with E-state index in [4.69, 9.17) is 0 Å². The molecule has 0 bridgehead atoms. The normalized spacial score (nSPS) is 25.4. The molecular weight excluding hydrogens is 324 g/mol. The van der Waals surface area contributed by atoms with Crippen LogP contribution >= 0.6 is 0 Å². The molecule has 2 aliphatic heterocycles. The van der Waals surface area contributed by atoms with Crippen molar-refractivity contribution in [3.05, 3.63) is 29.8 Å². The van der Waals surface area contributed by atoms with Gasteiger partial charge in [0.05, 0.1) is 12.6 Å². The van der Waals surface area contributed by atoms with Crippen molar-refractivity contribution < 1.29 is 19.5 Å². The third-order valence-electron chi connectivity index (χ3n) is 4.61. The number of piperazine rings is 1. The Bertz CT molecular complexity index is 693. The molecule has 2 heterocycles. The number of nitrogens with zero attached hydrogens (tertiary/aromatic N) is 1. The van der Waals surface area contributed by atoms with Gasteiger partial charge < -0.3 is 26.0 Å². The van der Waals surface area contributed by atoms with Crippen LogP contribution in [0.4, 0.5) is 10.5 Å². The number of fused-ring (bicyclic) bond motifs is 1. The van der Waals surface area contributed by atoms with Crippen molar-refractivity contribution in [3.8, 4) is 0 Å². The van der Waals surface area contributed by atoms with Crippen LogP contribution in [0.25, 0.3) is 0 Å². The van der Waals surface area contributed by atoms with Crippen molar-refractivity contribution in [1.29, 1.82) is 0 Å². The maximum absolute atomic E-state index is 12.2. The summed E-state index contributed by atoms with van der Waals surface area (Å²) >= 11 is 0. The Morgan fingerprint density at radius 1 is 1.40 bits per heavy atom. The third-order valence-corrected chi connectivity index (χ3v) is 4.61. The van der Waals surface area contributed by atoms with Crippen LogP contribution in [0.5, 0.6) is 0 Å². The average molecular weight is 346 g/mol. The summed E-state index contributed by atoms with van der Waals surface area (Å²) in [6.07, 6.45) is 1.23. The van der Waals surface area contributed by atoms with Crippen LogP contribution in [0, 0.1) is 0 Å². The van der Waals surface area contributed by atoms with Gasteiger partial charge in [-0.3, -0.25) is 9.59 Å². The van der Waals surface area contributed by atoms with Gasteiger partial charge in [0, 0.05) is 12.2 Å². The Morgan fingerprint density at radius 2 is 2.20 bits per heavy atom. The van der Waals surface area contributed by atoms with Crippen LogP contribution in [0.3, 0.4) is 0 Å². The molecule has 2 fully saturated rings. The Hall–Kier alpha value is -2.61. The van der Waals surface area contributed by atoms with Crippen LogP contribution in [0.1, 0.15) is 18.9 Å². The minimum atomic E-state index is -0.895. The maximum Gasteiger partial charge on any atom is 0.319 e. The van der Waals surface area contributed by atoms with Crippen LogP contribution in [-0.4, -0.2) is 59.1 Å². The van der Waals surface area contributed by atoms with E-state index in [-0.39, 0.29) is 30.4 Å². The molecular formula is C17H22N4O4. The predicted octanol–water partition coefficient (Wildman–Crippen LogP) is -0.169. The molecule has 8 nitrogen and oxygen atoms in total. The van der Waals surface area contributed by atoms with Gasteiger partial charge in [0.25, 0.3) is 0 Å². The highest BCUT2D eigenvalue weighted by atomic mass is 16.3. The zero-order chi connectivity index (χ0) is 18.0. The lowest BCUT2D eigenvalue weighted by Gasteiger charge is -2.33. The Balaban J connectivity index is 1.60. The van der Waals surface area contributed by atoms with Gasteiger partial charge in [0.1, 0.15) is 12.1 Å². The largest absolute Gasteiger partial charge is 0.394 e. The van der Waals surface area contributed by atoms with Crippen LogP contribution in [0.2, 0.25) is 0 Å². The van der Waals surface area contributed by atoms with Gasteiger partial charge in [-0.2, -0.15) is 0 Å². The number of nitrogens with one attached hydrogen (secondary N) is 3. The third kappa shape index (κ3) is 3.58. The van der Waals surface area contributed by atoms with E-state index in [9.17, 15) is 19.5 Å². The predicted molar refractivity (Wildman–Crippen MR) is 90.9 cm³/mol. The Labute approximate surface area is 145 Å². The van der Waals surface area contributed by atoms with Crippen LogP contribution in [-0.2, 0) is 16.0 Å². The minimum absolute atomic E-state index is 0.260. The standard InChI is InChI=1S/C17H22N4O4/c1-2-10-4-3-5-11(6-10)18-17(25)19-12-7-14-15(23)20-13(9-22)16(24)21(14)8-12/h3-6,12-14,22H,2,7-9H2,1H3,(H,20,23)(H2,18,19,25)/t12-,13+,14-/m0/s1. The second-order valence-electron chi connectivity index (χ2n) is 6.34. The molecule has 1 aromatic rings. The lowest BCUT2D eigenvalue weighted by molar-refractivity contribution is -0.148. The van der Waals surface area contributed by atoms with Gasteiger partial charge in [-0.15, -0.1) is 0 Å². The topological polar surface area (TPSA) is 111 Å². The molecule has 2 aliphatic rings. The zero-order valence-electron chi connectivity index (χ0n) is 14.0. The summed E-state index contributed by atoms with van der Waals surface area (Å²) in [6, 6.07) is 5.40. The number of aryl methyl sites for hydroxylation is 1. The molecule has 4 amide bonds. The van der Waals surface area contributed by atoms with E-state index in [1.165, 1.54) is 4.90 Å². The molecule has 0 spiro atoms. The molecule has 8 heteroatoms. The van der Waals surface area contributed by atoms with Gasteiger partial charge in [-0.1, -0.05) is 19.1 Å². The SMILES string of the molecule is CCc1cccc(NC(=O)N[C@H]2C[C@H]3C(=O)N[C@H](CO)C(=O)N3C2)c1. The first-order chi connectivity index (χ1) is 12.0. The molecule has 0 aromatic heterocycles. The summed E-state index contributed by atoms with van der Waals surface area (Å²) in [4.78, 5) is 37.9. The fourth-order valence-electron chi connectivity index (χ4n) is 3.31. The number of anilines is 1. The lowest BCUT2D eigenvalue weighted by atomic mass is 10.1.